The molecule has 0 N–H and O–H groups in total. The highest BCUT2D eigenvalue weighted by molar-refractivity contribution is 7.89. The van der Waals surface area contributed by atoms with E-state index in [9.17, 15) is 12.8 Å². The Labute approximate surface area is 141 Å². The lowest BCUT2D eigenvalue weighted by Crippen LogP contribution is -2.48. The van der Waals surface area contributed by atoms with Gasteiger partial charge >= 0.3 is 0 Å². The van der Waals surface area contributed by atoms with E-state index in [1.807, 2.05) is 18.2 Å². The second-order valence-corrected chi connectivity index (χ2v) is 7.87. The molecule has 0 radical (unpaired) electrons. The molecule has 0 unspecified atom stereocenters. The fourth-order valence-corrected chi connectivity index (χ4v) is 4.66. The first-order chi connectivity index (χ1) is 11.4. The third-order valence-electron chi connectivity index (χ3n) is 4.28. The number of piperazine rings is 1. The number of halogens is 1. The maximum atomic E-state index is 14.1. The predicted molar refractivity (Wildman–Crippen MR) is 88.4 cm³/mol. The summed E-state index contributed by atoms with van der Waals surface area (Å²) in [7, 11) is -2.45. The van der Waals surface area contributed by atoms with Gasteiger partial charge in [-0.3, -0.25) is 4.90 Å². The van der Waals surface area contributed by atoms with Gasteiger partial charge in [-0.05, 0) is 12.5 Å². The summed E-state index contributed by atoms with van der Waals surface area (Å²) in [5.41, 5.74) is 1.39. The third-order valence-corrected chi connectivity index (χ3v) is 6.30. The minimum Gasteiger partial charge on any atom is -0.296 e. The molecule has 1 aromatic carbocycles. The quantitative estimate of drug-likeness (QED) is 0.834. The zero-order chi connectivity index (χ0) is 17.3. The van der Waals surface area contributed by atoms with E-state index in [1.54, 1.807) is 0 Å². The van der Waals surface area contributed by atoms with Crippen LogP contribution in [0.1, 0.15) is 11.3 Å². The molecule has 0 atom stereocenters. The van der Waals surface area contributed by atoms with Crippen LogP contribution in [0.25, 0.3) is 0 Å². The van der Waals surface area contributed by atoms with Crippen LogP contribution in [0, 0.1) is 12.9 Å². The number of aromatic nitrogens is 2. The molecule has 1 aliphatic rings. The largest absolute Gasteiger partial charge is 0.296 e. The van der Waals surface area contributed by atoms with Gasteiger partial charge in [-0.1, -0.05) is 30.3 Å². The monoisotopic (exact) mass is 352 g/mol. The average Bonchev–Trinajstić information content (AvgIpc) is 2.82. The summed E-state index contributed by atoms with van der Waals surface area (Å²) in [4.78, 5) is 1.90. The molecule has 1 aliphatic heterocycles. The van der Waals surface area contributed by atoms with Crippen molar-refractivity contribution in [2.24, 2.45) is 7.05 Å². The molecule has 3 rings (SSSR count). The van der Waals surface area contributed by atoms with Gasteiger partial charge in [0.2, 0.25) is 16.0 Å². The second kappa shape index (κ2) is 6.62. The van der Waals surface area contributed by atoms with E-state index >= 15 is 0 Å². The molecule has 1 fully saturated rings. The highest BCUT2D eigenvalue weighted by atomic mass is 32.2. The summed E-state index contributed by atoms with van der Waals surface area (Å²) in [6.45, 7) is 4.24. The first-order valence-corrected chi connectivity index (χ1v) is 9.29. The van der Waals surface area contributed by atoms with Crippen molar-refractivity contribution in [3.8, 4) is 0 Å². The van der Waals surface area contributed by atoms with Crippen molar-refractivity contribution in [3.05, 3.63) is 47.5 Å². The number of nitrogens with zero attached hydrogens (tertiary/aromatic N) is 4. The lowest BCUT2D eigenvalue weighted by atomic mass is 10.2. The lowest BCUT2D eigenvalue weighted by molar-refractivity contribution is 0.181. The van der Waals surface area contributed by atoms with Crippen LogP contribution in [0.15, 0.2) is 35.2 Å². The van der Waals surface area contributed by atoms with Crippen LogP contribution in [0.5, 0.6) is 0 Å². The molecule has 2 heterocycles. The molecule has 0 spiro atoms. The van der Waals surface area contributed by atoms with Gasteiger partial charge in [0, 0.05) is 39.8 Å². The summed E-state index contributed by atoms with van der Waals surface area (Å²) in [5.74, 6) is -0.806. The van der Waals surface area contributed by atoms with Crippen LogP contribution in [0.2, 0.25) is 0 Å². The van der Waals surface area contributed by atoms with Gasteiger partial charge < -0.3 is 0 Å². The van der Waals surface area contributed by atoms with Crippen LogP contribution in [-0.2, 0) is 23.6 Å². The summed E-state index contributed by atoms with van der Waals surface area (Å²) < 4.78 is 41.9. The standard InChI is InChI=1S/C16H21FN4O2S/c1-13-15(16(17)19(2)18-13)24(22,23)21-10-8-20(9-11-21)12-14-6-4-3-5-7-14/h3-7H,8-12H2,1-2H3. The van der Waals surface area contributed by atoms with Gasteiger partial charge in [-0.15, -0.1) is 0 Å². The molecule has 1 aromatic heterocycles. The number of aryl methyl sites for hydroxylation is 2. The zero-order valence-electron chi connectivity index (χ0n) is 13.8. The number of benzene rings is 1. The SMILES string of the molecule is Cc1nn(C)c(F)c1S(=O)(=O)N1CCN(Cc2ccccc2)CC1. The van der Waals surface area contributed by atoms with Crippen molar-refractivity contribution >= 4 is 10.0 Å². The van der Waals surface area contributed by atoms with E-state index in [2.05, 4.69) is 22.1 Å². The molecular weight excluding hydrogens is 331 g/mol. The fourth-order valence-electron chi connectivity index (χ4n) is 3.00. The molecule has 6 nitrogen and oxygen atoms in total. The maximum absolute atomic E-state index is 14.1. The van der Waals surface area contributed by atoms with Crippen LogP contribution in [0.4, 0.5) is 4.39 Å². The molecule has 2 aromatic rings. The number of hydrogen-bond acceptors (Lipinski definition) is 4. The van der Waals surface area contributed by atoms with Gasteiger partial charge in [0.05, 0.1) is 5.69 Å². The highest BCUT2D eigenvalue weighted by Crippen LogP contribution is 2.23. The summed E-state index contributed by atoms with van der Waals surface area (Å²) in [6, 6.07) is 10.1. The minimum absolute atomic E-state index is 0.196. The Morgan fingerprint density at radius 2 is 1.75 bits per heavy atom. The Hall–Kier alpha value is -1.77. The lowest BCUT2D eigenvalue weighted by Gasteiger charge is -2.33. The zero-order valence-corrected chi connectivity index (χ0v) is 14.6. The van der Waals surface area contributed by atoms with Gasteiger partial charge in [0.15, 0.2) is 4.90 Å². The van der Waals surface area contributed by atoms with Crippen molar-refractivity contribution in [1.82, 2.24) is 19.0 Å². The first-order valence-electron chi connectivity index (χ1n) is 7.85. The molecule has 0 amide bonds. The van der Waals surface area contributed by atoms with Crippen LogP contribution in [-0.4, -0.2) is 53.6 Å². The van der Waals surface area contributed by atoms with Gasteiger partial charge in [0.25, 0.3) is 0 Å². The van der Waals surface area contributed by atoms with Crippen LogP contribution < -0.4 is 0 Å². The van der Waals surface area contributed by atoms with E-state index in [0.29, 0.717) is 26.2 Å². The van der Waals surface area contributed by atoms with Gasteiger partial charge in [-0.25, -0.2) is 13.1 Å². The molecule has 24 heavy (non-hydrogen) atoms. The summed E-state index contributed by atoms with van der Waals surface area (Å²) in [6.07, 6.45) is 0. The molecule has 8 heteroatoms. The normalized spacial score (nSPS) is 17.3. The van der Waals surface area contributed by atoms with Crippen molar-refractivity contribution in [2.75, 3.05) is 26.2 Å². The fraction of sp³-hybridized carbons (Fsp3) is 0.438. The molecule has 130 valence electrons. The Bertz CT molecular complexity index is 812. The van der Waals surface area contributed by atoms with E-state index in [1.165, 1.54) is 23.8 Å². The van der Waals surface area contributed by atoms with E-state index in [-0.39, 0.29) is 10.6 Å². The Kier molecular flexibility index (Phi) is 4.71. The van der Waals surface area contributed by atoms with Crippen LogP contribution >= 0.6 is 0 Å². The van der Waals surface area contributed by atoms with Crippen molar-refractivity contribution in [3.63, 3.8) is 0 Å². The Balaban J connectivity index is 1.70. The second-order valence-electron chi connectivity index (χ2n) is 5.99. The first kappa shape index (κ1) is 17.1. The highest BCUT2D eigenvalue weighted by Gasteiger charge is 2.34. The maximum Gasteiger partial charge on any atom is 0.249 e. The van der Waals surface area contributed by atoms with E-state index in [0.717, 1.165) is 11.2 Å². The summed E-state index contributed by atoms with van der Waals surface area (Å²) in [5, 5.41) is 3.87. The molecular formula is C16H21FN4O2S. The van der Waals surface area contributed by atoms with Crippen molar-refractivity contribution in [2.45, 2.75) is 18.4 Å². The Morgan fingerprint density at radius 3 is 2.29 bits per heavy atom. The van der Waals surface area contributed by atoms with Crippen molar-refractivity contribution in [1.29, 1.82) is 0 Å². The number of sulfonamides is 1. The minimum atomic E-state index is -3.85. The molecule has 0 saturated carbocycles. The molecule has 0 bridgehead atoms. The smallest absolute Gasteiger partial charge is 0.249 e. The van der Waals surface area contributed by atoms with E-state index in [4.69, 9.17) is 0 Å². The molecule has 1 saturated heterocycles. The van der Waals surface area contributed by atoms with Crippen molar-refractivity contribution < 1.29 is 12.8 Å². The Morgan fingerprint density at radius 1 is 1.12 bits per heavy atom. The van der Waals surface area contributed by atoms with Gasteiger partial charge in [0.1, 0.15) is 0 Å². The summed E-state index contributed by atoms with van der Waals surface area (Å²) >= 11 is 0. The average molecular weight is 352 g/mol. The molecule has 0 aliphatic carbocycles. The van der Waals surface area contributed by atoms with Crippen LogP contribution in [0.3, 0.4) is 0 Å². The predicted octanol–water partition coefficient (Wildman–Crippen LogP) is 1.37. The number of rotatable bonds is 4. The number of hydrogen-bond donors (Lipinski definition) is 0. The topological polar surface area (TPSA) is 58.4 Å². The van der Waals surface area contributed by atoms with E-state index < -0.39 is 16.0 Å². The van der Waals surface area contributed by atoms with Gasteiger partial charge in [-0.2, -0.15) is 13.8 Å². The third kappa shape index (κ3) is 3.22.